The normalized spacial score (nSPS) is 16.6. The number of hydrogen-bond acceptors (Lipinski definition) is 5. The van der Waals surface area contributed by atoms with E-state index in [0.717, 1.165) is 60.9 Å². The van der Waals surface area contributed by atoms with Crippen LogP contribution in [0.3, 0.4) is 0 Å². The zero-order valence-electron chi connectivity index (χ0n) is 18.4. The van der Waals surface area contributed by atoms with Gasteiger partial charge in [-0.3, -0.25) is 4.79 Å². The van der Waals surface area contributed by atoms with Crippen molar-refractivity contribution >= 4 is 57.2 Å². The van der Waals surface area contributed by atoms with Crippen molar-refractivity contribution < 1.29 is 22.4 Å². The standard InChI is InChI=1S/C22H25N3O5S.Na/c1-13(26)25-9-8-16-11-20(30-19(16)12-25)31(28,29)24-22(27)23-21-17-6-2-4-14(17)10-15-5-3-7-18(15)21;/h10-11H,2-9,12H2,1H3,(H2,23,24,27);. The van der Waals surface area contributed by atoms with Crippen molar-refractivity contribution in [1.29, 1.82) is 0 Å². The van der Waals surface area contributed by atoms with Crippen LogP contribution in [0, 0.1) is 0 Å². The molecule has 0 atom stereocenters. The van der Waals surface area contributed by atoms with Gasteiger partial charge >= 0.3 is 6.03 Å². The number of anilines is 1. The molecule has 3 amide bonds. The maximum atomic E-state index is 12.8. The van der Waals surface area contributed by atoms with E-state index in [2.05, 4.69) is 16.1 Å². The predicted molar refractivity (Wildman–Crippen MR) is 119 cm³/mol. The first-order valence-corrected chi connectivity index (χ1v) is 12.2. The van der Waals surface area contributed by atoms with Crippen LogP contribution in [0.2, 0.25) is 0 Å². The SMILES string of the molecule is CC(=O)N1CCc2cc(S(=O)(=O)NC(=O)Nc3c4c(cc5c3CCC5)CCC4)oc2C1.[Na]. The number of carbonyl (C=O) groups excluding carboxylic acids is 2. The van der Waals surface area contributed by atoms with Crippen molar-refractivity contribution in [1.82, 2.24) is 9.62 Å². The minimum absolute atomic E-state index is 0. The van der Waals surface area contributed by atoms with Gasteiger partial charge in [-0.25, -0.2) is 9.52 Å². The summed E-state index contributed by atoms with van der Waals surface area (Å²) >= 11 is 0. The van der Waals surface area contributed by atoms with Crippen LogP contribution in [0.4, 0.5) is 10.5 Å². The number of rotatable bonds is 3. The van der Waals surface area contributed by atoms with Crippen LogP contribution in [0.1, 0.15) is 53.3 Å². The van der Waals surface area contributed by atoms with E-state index in [0.29, 0.717) is 18.7 Å². The quantitative estimate of drug-likeness (QED) is 0.675. The Morgan fingerprint density at radius 3 is 2.25 bits per heavy atom. The van der Waals surface area contributed by atoms with Gasteiger partial charge in [0.1, 0.15) is 5.76 Å². The number of hydrogen-bond donors (Lipinski definition) is 2. The Morgan fingerprint density at radius 2 is 1.62 bits per heavy atom. The van der Waals surface area contributed by atoms with E-state index in [1.807, 2.05) is 0 Å². The summed E-state index contributed by atoms with van der Waals surface area (Å²) in [5, 5.41) is 2.52. The average molecular weight is 467 g/mol. The maximum Gasteiger partial charge on any atom is 0.333 e. The molecule has 3 aliphatic rings. The van der Waals surface area contributed by atoms with E-state index in [-0.39, 0.29) is 47.1 Å². The first-order valence-electron chi connectivity index (χ1n) is 10.7. The smallest absolute Gasteiger partial charge is 0.333 e. The summed E-state index contributed by atoms with van der Waals surface area (Å²) in [6, 6.07) is 2.91. The van der Waals surface area contributed by atoms with E-state index < -0.39 is 16.1 Å². The van der Waals surface area contributed by atoms with Crippen LogP contribution >= 0.6 is 0 Å². The molecule has 0 unspecified atom stereocenters. The number of urea groups is 1. The molecule has 10 heteroatoms. The molecule has 0 spiro atoms. The van der Waals surface area contributed by atoms with Gasteiger partial charge in [-0.05, 0) is 72.8 Å². The summed E-state index contributed by atoms with van der Waals surface area (Å²) in [5.74, 6) is 0.354. The number of nitrogens with zero attached hydrogens (tertiary/aromatic N) is 1. The van der Waals surface area contributed by atoms with E-state index in [1.165, 1.54) is 24.1 Å². The second kappa shape index (κ2) is 8.85. The fourth-order valence-electron chi connectivity index (χ4n) is 4.97. The molecule has 2 N–H and O–H groups in total. The molecule has 1 aromatic heterocycles. The van der Waals surface area contributed by atoms with Gasteiger partial charge in [-0.1, -0.05) is 6.07 Å². The number of amides is 3. The maximum absolute atomic E-state index is 12.8. The van der Waals surface area contributed by atoms with Crippen molar-refractivity contribution in [3.05, 3.63) is 45.7 Å². The first kappa shape index (κ1) is 23.4. The third-order valence-electron chi connectivity index (χ3n) is 6.51. The summed E-state index contributed by atoms with van der Waals surface area (Å²) in [6.07, 6.45) is 6.37. The molecular weight excluding hydrogens is 441 g/mol. The molecule has 165 valence electrons. The van der Waals surface area contributed by atoms with Crippen LogP contribution < -0.4 is 10.0 Å². The summed E-state index contributed by atoms with van der Waals surface area (Å²) < 4.78 is 33.2. The third-order valence-corrected chi connectivity index (χ3v) is 7.69. The van der Waals surface area contributed by atoms with Crippen LogP contribution in [0.5, 0.6) is 0 Å². The molecule has 0 fully saturated rings. The number of fused-ring (bicyclic) bond motifs is 3. The molecule has 2 heterocycles. The zero-order chi connectivity index (χ0) is 21.8. The fourth-order valence-corrected chi connectivity index (χ4v) is 5.88. The van der Waals surface area contributed by atoms with Crippen molar-refractivity contribution in [2.75, 3.05) is 11.9 Å². The average Bonchev–Trinajstić information content (AvgIpc) is 3.45. The topological polar surface area (TPSA) is 109 Å². The van der Waals surface area contributed by atoms with Gasteiger partial charge < -0.3 is 14.6 Å². The van der Waals surface area contributed by atoms with E-state index >= 15 is 0 Å². The molecule has 1 aliphatic heterocycles. The molecule has 0 bridgehead atoms. The van der Waals surface area contributed by atoms with Crippen LogP contribution in [0.15, 0.2) is 21.6 Å². The Balaban J connectivity index is 0.00000245. The molecule has 1 aromatic carbocycles. The summed E-state index contributed by atoms with van der Waals surface area (Å²) in [4.78, 5) is 25.9. The third kappa shape index (κ3) is 4.23. The van der Waals surface area contributed by atoms with Crippen molar-refractivity contribution in [2.24, 2.45) is 0 Å². The largest absolute Gasteiger partial charge is 0.446 e. The van der Waals surface area contributed by atoms with Gasteiger partial charge in [0.15, 0.2) is 0 Å². The monoisotopic (exact) mass is 466 g/mol. The van der Waals surface area contributed by atoms with Crippen LogP contribution in [-0.4, -0.2) is 61.4 Å². The Hall–Kier alpha value is -1.81. The van der Waals surface area contributed by atoms with E-state index in [4.69, 9.17) is 4.42 Å². The second-order valence-corrected chi connectivity index (χ2v) is 10.1. The number of sulfonamides is 1. The summed E-state index contributed by atoms with van der Waals surface area (Å²) in [7, 11) is -4.17. The zero-order valence-corrected chi connectivity index (χ0v) is 21.2. The molecular formula is C22H25N3NaO5S. The Kier molecular flexibility index (Phi) is 6.46. The molecule has 2 aliphatic carbocycles. The molecule has 8 nitrogen and oxygen atoms in total. The number of aryl methyl sites for hydroxylation is 2. The van der Waals surface area contributed by atoms with Gasteiger partial charge in [0, 0.05) is 54.8 Å². The molecule has 5 rings (SSSR count). The van der Waals surface area contributed by atoms with E-state index in [1.54, 1.807) is 4.90 Å². The molecule has 32 heavy (non-hydrogen) atoms. The second-order valence-electron chi connectivity index (χ2n) is 8.50. The van der Waals surface area contributed by atoms with Gasteiger partial charge in [0.2, 0.25) is 11.0 Å². The first-order chi connectivity index (χ1) is 14.8. The minimum Gasteiger partial charge on any atom is -0.446 e. The number of furan rings is 1. The minimum atomic E-state index is -4.17. The number of nitrogens with one attached hydrogen (secondary N) is 2. The Labute approximate surface area is 209 Å². The summed E-state index contributed by atoms with van der Waals surface area (Å²) in [5.41, 5.74) is 6.31. The van der Waals surface area contributed by atoms with Crippen molar-refractivity contribution in [2.45, 2.75) is 63.5 Å². The van der Waals surface area contributed by atoms with Crippen LogP contribution in [0.25, 0.3) is 0 Å². The summed E-state index contributed by atoms with van der Waals surface area (Å²) in [6.45, 7) is 2.21. The van der Waals surface area contributed by atoms with E-state index in [9.17, 15) is 18.0 Å². The Bertz CT molecular complexity index is 1170. The predicted octanol–water partition coefficient (Wildman–Crippen LogP) is 2.29. The number of benzene rings is 1. The van der Waals surface area contributed by atoms with Crippen molar-refractivity contribution in [3.8, 4) is 0 Å². The molecule has 2 aromatic rings. The van der Waals surface area contributed by atoms with Crippen molar-refractivity contribution in [3.63, 3.8) is 0 Å². The van der Waals surface area contributed by atoms with Crippen LogP contribution in [-0.2, 0) is 53.5 Å². The number of carbonyl (C=O) groups is 2. The molecule has 0 saturated heterocycles. The molecule has 1 radical (unpaired) electrons. The van der Waals surface area contributed by atoms with Gasteiger partial charge in [0.05, 0.1) is 6.54 Å². The Morgan fingerprint density at radius 1 is 0.969 bits per heavy atom. The molecule has 0 saturated carbocycles. The fraction of sp³-hybridized carbons (Fsp3) is 0.455. The van der Waals surface area contributed by atoms with Gasteiger partial charge in [-0.2, -0.15) is 8.42 Å². The van der Waals surface area contributed by atoms with Gasteiger partial charge in [-0.15, -0.1) is 0 Å². The van der Waals surface area contributed by atoms with Gasteiger partial charge in [0.25, 0.3) is 10.0 Å².